The van der Waals surface area contributed by atoms with Gasteiger partial charge in [-0.05, 0) is 50.5 Å². The number of ether oxygens (including phenoxy) is 1. The van der Waals surface area contributed by atoms with Gasteiger partial charge in [-0.1, -0.05) is 30.5 Å². The lowest BCUT2D eigenvalue weighted by Crippen LogP contribution is -2.35. The average Bonchev–Trinajstić information content (AvgIpc) is 3.41. The smallest absolute Gasteiger partial charge is 0.267 e. The fraction of sp³-hybridized carbons (Fsp3) is 0.391. The van der Waals surface area contributed by atoms with Gasteiger partial charge < -0.3 is 19.8 Å². The summed E-state index contributed by atoms with van der Waals surface area (Å²) in [5.74, 6) is -0.214. The fourth-order valence-electron chi connectivity index (χ4n) is 3.25. The number of aryl methyl sites for hydroxylation is 1. The number of amides is 2. The standard InChI is InChI=1S/C23H28N2O4/c1-17-9-11-18(12-10-17)22(26)25-21(16-20-8-4-14-29-20)23(27)24-13-5-15-28-19-6-2-3-7-19/h4,8-12,14,16,19H,2-3,5-7,13,15H2,1H3,(H,24,27)(H,25,26)/b21-16-. The highest BCUT2D eigenvalue weighted by Gasteiger charge is 2.16. The number of carbonyl (C=O) groups excluding carboxylic acids is 2. The summed E-state index contributed by atoms with van der Waals surface area (Å²) in [5, 5.41) is 5.54. The third kappa shape index (κ3) is 6.61. The molecule has 1 aliphatic rings. The maximum Gasteiger partial charge on any atom is 0.267 e. The highest BCUT2D eigenvalue weighted by molar-refractivity contribution is 6.05. The molecule has 0 aliphatic heterocycles. The van der Waals surface area contributed by atoms with Crippen molar-refractivity contribution >= 4 is 17.9 Å². The second-order valence-electron chi connectivity index (χ2n) is 7.28. The minimum absolute atomic E-state index is 0.141. The third-order valence-corrected chi connectivity index (χ3v) is 4.90. The van der Waals surface area contributed by atoms with Crippen LogP contribution in [0.15, 0.2) is 52.8 Å². The van der Waals surface area contributed by atoms with E-state index in [1.54, 1.807) is 24.3 Å². The van der Waals surface area contributed by atoms with Gasteiger partial charge in [0.15, 0.2) is 0 Å². The van der Waals surface area contributed by atoms with Gasteiger partial charge in [0.25, 0.3) is 11.8 Å². The Kier molecular flexibility index (Phi) is 7.64. The second kappa shape index (κ2) is 10.6. The maximum atomic E-state index is 12.6. The molecule has 2 amide bonds. The first-order valence-electron chi connectivity index (χ1n) is 10.1. The van der Waals surface area contributed by atoms with Crippen LogP contribution in [0.4, 0.5) is 0 Å². The van der Waals surface area contributed by atoms with Gasteiger partial charge in [-0.2, -0.15) is 0 Å². The van der Waals surface area contributed by atoms with E-state index in [0.29, 0.717) is 30.6 Å². The van der Waals surface area contributed by atoms with E-state index in [0.717, 1.165) is 24.8 Å². The first-order valence-corrected chi connectivity index (χ1v) is 10.1. The van der Waals surface area contributed by atoms with Crippen molar-refractivity contribution in [3.8, 4) is 0 Å². The topological polar surface area (TPSA) is 80.6 Å². The lowest BCUT2D eigenvalue weighted by molar-refractivity contribution is -0.117. The van der Waals surface area contributed by atoms with Crippen LogP contribution in [0.3, 0.4) is 0 Å². The van der Waals surface area contributed by atoms with Gasteiger partial charge in [-0.15, -0.1) is 0 Å². The first kappa shape index (κ1) is 20.9. The minimum Gasteiger partial charge on any atom is -0.465 e. The zero-order valence-electron chi connectivity index (χ0n) is 16.8. The molecule has 1 aromatic carbocycles. The third-order valence-electron chi connectivity index (χ3n) is 4.90. The lowest BCUT2D eigenvalue weighted by atomic mass is 10.1. The van der Waals surface area contributed by atoms with Gasteiger partial charge in [0.05, 0.1) is 12.4 Å². The molecule has 1 aromatic heterocycles. The Bertz CT molecular complexity index is 819. The maximum absolute atomic E-state index is 12.6. The number of carbonyl (C=O) groups is 2. The van der Waals surface area contributed by atoms with Crippen molar-refractivity contribution < 1.29 is 18.7 Å². The number of nitrogens with one attached hydrogen (secondary N) is 2. The Labute approximate surface area is 171 Å². The van der Waals surface area contributed by atoms with Crippen molar-refractivity contribution in [3.63, 3.8) is 0 Å². The molecule has 6 nitrogen and oxygen atoms in total. The van der Waals surface area contributed by atoms with Crippen LogP contribution in [0.1, 0.15) is 53.8 Å². The van der Waals surface area contributed by atoms with E-state index < -0.39 is 0 Å². The van der Waals surface area contributed by atoms with Gasteiger partial charge in [-0.3, -0.25) is 9.59 Å². The number of rotatable bonds is 9. The number of hydrogen-bond donors (Lipinski definition) is 2. The molecule has 0 saturated heterocycles. The Balaban J connectivity index is 1.55. The Morgan fingerprint density at radius 2 is 1.93 bits per heavy atom. The zero-order chi connectivity index (χ0) is 20.5. The van der Waals surface area contributed by atoms with Crippen LogP contribution in [0.2, 0.25) is 0 Å². The van der Waals surface area contributed by atoms with E-state index in [9.17, 15) is 9.59 Å². The quantitative estimate of drug-likeness (QED) is 0.499. The molecule has 154 valence electrons. The first-order chi connectivity index (χ1) is 14.1. The molecule has 0 spiro atoms. The van der Waals surface area contributed by atoms with Crippen molar-refractivity contribution in [1.82, 2.24) is 10.6 Å². The molecule has 0 radical (unpaired) electrons. The van der Waals surface area contributed by atoms with E-state index >= 15 is 0 Å². The summed E-state index contributed by atoms with van der Waals surface area (Å²) in [7, 11) is 0. The minimum atomic E-state index is -0.359. The molecule has 0 bridgehead atoms. The van der Waals surface area contributed by atoms with Gasteiger partial charge >= 0.3 is 0 Å². The zero-order valence-corrected chi connectivity index (χ0v) is 16.8. The molecule has 2 N–H and O–H groups in total. The van der Waals surface area contributed by atoms with Crippen LogP contribution in [0.25, 0.3) is 6.08 Å². The molecule has 3 rings (SSSR count). The fourth-order valence-corrected chi connectivity index (χ4v) is 3.25. The van der Waals surface area contributed by atoms with Crippen LogP contribution in [-0.4, -0.2) is 31.1 Å². The summed E-state index contributed by atoms with van der Waals surface area (Å²) in [6, 6.07) is 10.6. The highest BCUT2D eigenvalue weighted by atomic mass is 16.5. The predicted molar refractivity (Wildman–Crippen MR) is 111 cm³/mol. The van der Waals surface area contributed by atoms with Crippen molar-refractivity contribution in [1.29, 1.82) is 0 Å². The molecule has 0 unspecified atom stereocenters. The normalized spacial score (nSPS) is 14.7. The molecule has 29 heavy (non-hydrogen) atoms. The molecular weight excluding hydrogens is 368 g/mol. The summed E-state index contributed by atoms with van der Waals surface area (Å²) in [6.07, 6.45) is 8.88. The summed E-state index contributed by atoms with van der Waals surface area (Å²) in [6.45, 7) is 3.05. The second-order valence-corrected chi connectivity index (χ2v) is 7.28. The molecule has 1 aliphatic carbocycles. The number of hydrogen-bond acceptors (Lipinski definition) is 4. The molecule has 1 heterocycles. The lowest BCUT2D eigenvalue weighted by Gasteiger charge is -2.13. The van der Waals surface area contributed by atoms with E-state index in [4.69, 9.17) is 9.15 Å². The van der Waals surface area contributed by atoms with Crippen LogP contribution < -0.4 is 10.6 Å². The summed E-state index contributed by atoms with van der Waals surface area (Å²) >= 11 is 0. The molecular formula is C23H28N2O4. The molecule has 0 atom stereocenters. The van der Waals surface area contributed by atoms with Crippen LogP contribution in [-0.2, 0) is 9.53 Å². The van der Waals surface area contributed by atoms with Gasteiger partial charge in [0.1, 0.15) is 11.5 Å². The summed E-state index contributed by atoms with van der Waals surface area (Å²) in [4.78, 5) is 25.2. The molecule has 6 heteroatoms. The van der Waals surface area contributed by atoms with E-state index in [2.05, 4.69) is 10.6 Å². The van der Waals surface area contributed by atoms with Crippen LogP contribution in [0.5, 0.6) is 0 Å². The Hall–Kier alpha value is -2.86. The largest absolute Gasteiger partial charge is 0.465 e. The molecule has 1 saturated carbocycles. The van der Waals surface area contributed by atoms with Gasteiger partial charge in [0.2, 0.25) is 0 Å². The highest BCUT2D eigenvalue weighted by Crippen LogP contribution is 2.20. The van der Waals surface area contributed by atoms with E-state index in [1.165, 1.54) is 25.2 Å². The summed E-state index contributed by atoms with van der Waals surface area (Å²) in [5.41, 5.74) is 1.69. The SMILES string of the molecule is Cc1ccc(C(=O)N/C(=C\c2ccco2)C(=O)NCCCOC2CCCC2)cc1. The van der Waals surface area contributed by atoms with Crippen molar-refractivity contribution in [3.05, 3.63) is 65.2 Å². The summed E-state index contributed by atoms with van der Waals surface area (Å²) < 4.78 is 11.1. The number of furan rings is 1. The van der Waals surface area contributed by atoms with E-state index in [-0.39, 0.29) is 17.5 Å². The van der Waals surface area contributed by atoms with Crippen molar-refractivity contribution in [2.45, 2.75) is 45.1 Å². The van der Waals surface area contributed by atoms with E-state index in [1.807, 2.05) is 19.1 Å². The van der Waals surface area contributed by atoms with Crippen LogP contribution in [0, 0.1) is 6.92 Å². The predicted octanol–water partition coefficient (Wildman–Crippen LogP) is 3.82. The van der Waals surface area contributed by atoms with Gasteiger partial charge in [-0.25, -0.2) is 0 Å². The monoisotopic (exact) mass is 396 g/mol. The van der Waals surface area contributed by atoms with Crippen molar-refractivity contribution in [2.24, 2.45) is 0 Å². The number of benzene rings is 1. The van der Waals surface area contributed by atoms with Gasteiger partial charge in [0, 0.05) is 24.8 Å². The van der Waals surface area contributed by atoms with Crippen LogP contribution >= 0.6 is 0 Å². The Morgan fingerprint density at radius 3 is 2.62 bits per heavy atom. The van der Waals surface area contributed by atoms with Crippen molar-refractivity contribution in [2.75, 3.05) is 13.2 Å². The Morgan fingerprint density at radius 1 is 1.17 bits per heavy atom. The molecule has 2 aromatic rings. The molecule has 1 fully saturated rings. The average molecular weight is 396 g/mol.